The Hall–Kier alpha value is -2.11. The van der Waals surface area contributed by atoms with Crippen molar-refractivity contribution in [2.45, 2.75) is 32.1 Å². The zero-order valence-electron chi connectivity index (χ0n) is 11.3. The lowest BCUT2D eigenvalue weighted by atomic mass is 10.2. The number of carboxylic acids is 1. The van der Waals surface area contributed by atoms with Crippen molar-refractivity contribution in [1.29, 1.82) is 0 Å². The number of carbonyl (C=O) groups is 2. The number of hydrogen-bond acceptors (Lipinski definition) is 4. The average Bonchev–Trinajstić information content (AvgIpc) is 2.93. The van der Waals surface area contributed by atoms with Crippen LogP contribution in [0.1, 0.15) is 32.1 Å². The number of rotatable bonds is 6. The van der Waals surface area contributed by atoms with Crippen LogP contribution in [0.15, 0.2) is 18.3 Å². The molecule has 0 aromatic carbocycles. The van der Waals surface area contributed by atoms with E-state index >= 15 is 0 Å². The SMILES string of the molecule is O=C(O)CCCC(=O)Nc1ccc(N2CCCC2)nc1. The van der Waals surface area contributed by atoms with Crippen LogP contribution in [0, 0.1) is 0 Å². The van der Waals surface area contributed by atoms with Crippen molar-refractivity contribution in [2.75, 3.05) is 23.3 Å². The van der Waals surface area contributed by atoms with Gasteiger partial charge in [0.2, 0.25) is 5.91 Å². The molecule has 1 fully saturated rings. The predicted octanol–water partition coefficient (Wildman–Crippen LogP) is 1.88. The van der Waals surface area contributed by atoms with Crippen LogP contribution in [0.2, 0.25) is 0 Å². The Labute approximate surface area is 117 Å². The van der Waals surface area contributed by atoms with E-state index in [1.165, 1.54) is 12.8 Å². The molecule has 0 radical (unpaired) electrons. The van der Waals surface area contributed by atoms with Gasteiger partial charge in [0.05, 0.1) is 11.9 Å². The highest BCUT2D eigenvalue weighted by molar-refractivity contribution is 5.90. The lowest BCUT2D eigenvalue weighted by Crippen LogP contribution is -2.19. The maximum atomic E-state index is 11.6. The van der Waals surface area contributed by atoms with Crippen LogP contribution in [-0.2, 0) is 9.59 Å². The standard InChI is InChI=1S/C14H19N3O3/c18-13(4-3-5-14(19)20)16-11-6-7-12(15-10-11)17-8-1-2-9-17/h6-7,10H,1-5,8-9H2,(H,16,18)(H,19,20). The second-order valence-electron chi connectivity index (χ2n) is 4.89. The van der Waals surface area contributed by atoms with Crippen molar-refractivity contribution in [1.82, 2.24) is 4.98 Å². The highest BCUT2D eigenvalue weighted by Crippen LogP contribution is 2.19. The van der Waals surface area contributed by atoms with Gasteiger partial charge in [-0.05, 0) is 31.4 Å². The van der Waals surface area contributed by atoms with E-state index in [9.17, 15) is 9.59 Å². The lowest BCUT2D eigenvalue weighted by Gasteiger charge is -2.16. The van der Waals surface area contributed by atoms with Gasteiger partial charge < -0.3 is 15.3 Å². The molecular formula is C14H19N3O3. The van der Waals surface area contributed by atoms with Crippen molar-refractivity contribution in [3.63, 3.8) is 0 Å². The highest BCUT2D eigenvalue weighted by Gasteiger charge is 2.13. The van der Waals surface area contributed by atoms with Gasteiger partial charge in [0.15, 0.2) is 0 Å². The molecule has 0 atom stereocenters. The van der Waals surface area contributed by atoms with E-state index in [0.717, 1.165) is 18.9 Å². The van der Waals surface area contributed by atoms with Gasteiger partial charge >= 0.3 is 5.97 Å². The molecule has 2 rings (SSSR count). The fourth-order valence-electron chi connectivity index (χ4n) is 2.22. The van der Waals surface area contributed by atoms with Gasteiger partial charge in [0.1, 0.15) is 5.82 Å². The molecular weight excluding hydrogens is 258 g/mol. The number of anilines is 2. The average molecular weight is 277 g/mol. The summed E-state index contributed by atoms with van der Waals surface area (Å²) in [6.45, 7) is 2.07. The fraction of sp³-hybridized carbons (Fsp3) is 0.500. The van der Waals surface area contributed by atoms with Gasteiger partial charge in [-0.3, -0.25) is 9.59 Å². The van der Waals surface area contributed by atoms with Gasteiger partial charge in [-0.25, -0.2) is 4.98 Å². The van der Waals surface area contributed by atoms with Crippen molar-refractivity contribution in [3.8, 4) is 0 Å². The normalized spacial score (nSPS) is 14.3. The number of aliphatic carboxylic acids is 1. The Morgan fingerprint density at radius 3 is 2.60 bits per heavy atom. The first-order chi connectivity index (χ1) is 9.65. The molecule has 20 heavy (non-hydrogen) atoms. The number of nitrogens with one attached hydrogen (secondary N) is 1. The summed E-state index contributed by atoms with van der Waals surface area (Å²) in [5.41, 5.74) is 0.647. The lowest BCUT2D eigenvalue weighted by molar-refractivity contribution is -0.137. The van der Waals surface area contributed by atoms with E-state index < -0.39 is 5.97 Å². The van der Waals surface area contributed by atoms with Crippen LogP contribution < -0.4 is 10.2 Å². The molecule has 2 heterocycles. The summed E-state index contributed by atoms with van der Waals surface area (Å²) in [4.78, 5) is 28.5. The van der Waals surface area contributed by atoms with Crippen LogP contribution >= 0.6 is 0 Å². The molecule has 0 saturated carbocycles. The van der Waals surface area contributed by atoms with E-state index in [2.05, 4.69) is 15.2 Å². The number of hydrogen-bond donors (Lipinski definition) is 2. The largest absolute Gasteiger partial charge is 0.481 e. The molecule has 1 aromatic rings. The summed E-state index contributed by atoms with van der Waals surface area (Å²) in [5, 5.41) is 11.2. The Balaban J connectivity index is 1.80. The Kier molecular flexibility index (Phi) is 4.92. The molecule has 1 aliphatic heterocycles. The van der Waals surface area contributed by atoms with E-state index in [4.69, 9.17) is 5.11 Å². The minimum absolute atomic E-state index is 0.0135. The zero-order chi connectivity index (χ0) is 14.4. The van der Waals surface area contributed by atoms with E-state index in [0.29, 0.717) is 12.1 Å². The Morgan fingerprint density at radius 2 is 2.00 bits per heavy atom. The molecule has 6 heteroatoms. The van der Waals surface area contributed by atoms with E-state index in [1.54, 1.807) is 6.20 Å². The molecule has 0 spiro atoms. The second kappa shape index (κ2) is 6.88. The minimum atomic E-state index is -0.880. The maximum Gasteiger partial charge on any atom is 0.303 e. The van der Waals surface area contributed by atoms with Crippen molar-refractivity contribution >= 4 is 23.4 Å². The Morgan fingerprint density at radius 1 is 1.25 bits per heavy atom. The smallest absolute Gasteiger partial charge is 0.303 e. The Bertz CT molecular complexity index is 467. The summed E-state index contributed by atoms with van der Waals surface area (Å²) >= 11 is 0. The minimum Gasteiger partial charge on any atom is -0.481 e. The molecule has 1 amide bonds. The van der Waals surface area contributed by atoms with Crippen molar-refractivity contribution < 1.29 is 14.7 Å². The van der Waals surface area contributed by atoms with Crippen LogP contribution in [-0.4, -0.2) is 35.1 Å². The first-order valence-electron chi connectivity index (χ1n) is 6.88. The summed E-state index contributed by atoms with van der Waals surface area (Å²) in [5.74, 6) is -0.122. The molecule has 2 N–H and O–H groups in total. The second-order valence-corrected chi connectivity index (χ2v) is 4.89. The van der Waals surface area contributed by atoms with Crippen molar-refractivity contribution in [2.24, 2.45) is 0 Å². The topological polar surface area (TPSA) is 82.5 Å². The van der Waals surface area contributed by atoms with Crippen LogP contribution in [0.3, 0.4) is 0 Å². The van der Waals surface area contributed by atoms with Gasteiger partial charge in [0, 0.05) is 25.9 Å². The molecule has 0 aliphatic carbocycles. The number of pyridine rings is 1. The number of aromatic nitrogens is 1. The van der Waals surface area contributed by atoms with Gasteiger partial charge in [-0.15, -0.1) is 0 Å². The summed E-state index contributed by atoms with van der Waals surface area (Å²) in [6, 6.07) is 3.73. The number of nitrogens with zero attached hydrogens (tertiary/aromatic N) is 2. The third kappa shape index (κ3) is 4.22. The number of carboxylic acid groups (broad SMARTS) is 1. The van der Waals surface area contributed by atoms with Crippen LogP contribution in [0.25, 0.3) is 0 Å². The summed E-state index contributed by atoms with van der Waals surface area (Å²) in [7, 11) is 0. The highest BCUT2D eigenvalue weighted by atomic mass is 16.4. The van der Waals surface area contributed by atoms with Gasteiger partial charge in [-0.2, -0.15) is 0 Å². The zero-order valence-corrected chi connectivity index (χ0v) is 11.3. The summed E-state index contributed by atoms with van der Waals surface area (Å²) < 4.78 is 0. The van der Waals surface area contributed by atoms with Crippen molar-refractivity contribution in [3.05, 3.63) is 18.3 Å². The van der Waals surface area contributed by atoms with E-state index in [1.807, 2.05) is 12.1 Å². The monoisotopic (exact) mass is 277 g/mol. The number of carbonyl (C=O) groups excluding carboxylic acids is 1. The first kappa shape index (κ1) is 14.3. The summed E-state index contributed by atoms with van der Waals surface area (Å²) in [6.07, 6.45) is 4.61. The quantitative estimate of drug-likeness (QED) is 0.829. The molecule has 108 valence electrons. The molecule has 0 unspecified atom stereocenters. The molecule has 6 nitrogen and oxygen atoms in total. The van der Waals surface area contributed by atoms with Gasteiger partial charge in [-0.1, -0.05) is 0 Å². The third-order valence-corrected chi connectivity index (χ3v) is 3.26. The van der Waals surface area contributed by atoms with Gasteiger partial charge in [0.25, 0.3) is 0 Å². The van der Waals surface area contributed by atoms with E-state index in [-0.39, 0.29) is 18.7 Å². The molecule has 1 aromatic heterocycles. The number of amides is 1. The molecule has 0 bridgehead atoms. The third-order valence-electron chi connectivity index (χ3n) is 3.26. The van der Waals surface area contributed by atoms with Crippen LogP contribution in [0.5, 0.6) is 0 Å². The predicted molar refractivity (Wildman–Crippen MR) is 75.8 cm³/mol. The first-order valence-corrected chi connectivity index (χ1v) is 6.88. The maximum absolute atomic E-state index is 11.6. The van der Waals surface area contributed by atoms with Crippen LogP contribution in [0.4, 0.5) is 11.5 Å². The molecule has 1 aliphatic rings. The fourth-order valence-corrected chi connectivity index (χ4v) is 2.22. The molecule has 1 saturated heterocycles.